The Bertz CT molecular complexity index is 1400. The molecule has 6 rings (SSSR count). The summed E-state index contributed by atoms with van der Waals surface area (Å²) in [7, 11) is 0. The minimum Gasteiger partial charge on any atom is -0.447 e. The predicted molar refractivity (Wildman–Crippen MR) is 153 cm³/mol. The fraction of sp³-hybridized carbons (Fsp3) is 0.765. The maximum atomic E-state index is 17.6. The van der Waals surface area contributed by atoms with E-state index in [0.717, 1.165) is 18.9 Å². The Labute approximate surface area is 257 Å². The molecule has 0 radical (unpaired) electrons. The van der Waals surface area contributed by atoms with Crippen LogP contribution in [0.5, 0.6) is 0 Å². The highest BCUT2D eigenvalue weighted by Gasteiger charge is 2.79. The number of hydrogen-bond acceptors (Lipinski definition) is 8. The fourth-order valence-corrected chi connectivity index (χ4v) is 11.0. The number of halogens is 2. The maximum absolute atomic E-state index is 17.6. The van der Waals surface area contributed by atoms with Gasteiger partial charge in [0.05, 0.1) is 6.10 Å². The Morgan fingerprint density at radius 3 is 2.43 bits per heavy atom. The number of allylic oxidation sites excluding steroid dienone is 4. The molecule has 0 saturated heterocycles. The molecule has 1 N–H and O–H groups in total. The highest BCUT2D eigenvalue weighted by atomic mass is 19.1. The van der Waals surface area contributed by atoms with Crippen LogP contribution in [0.2, 0.25) is 0 Å². The highest BCUT2D eigenvalue weighted by Crippen LogP contribution is 2.72. The molecule has 2 bridgehead atoms. The standard InChI is InChI=1S/C34H43F2NO7/c1-18-13-21-22-16-24(35)23-15-20(38)8-10-30(23,4)33(22,36)25(39)17-32(21,6)34(18,27(40)42-12-11-37)44-28(41)43-26-14-19-7-9-31(26,5)29(19,2)3/h8,10,15,18-19,21-22,24-26,39H,7,9,12-14,16-17H2,1-6H3/t18-,19+,21+,22+,24+,25+,26+,30+,31-,32+,33+,34+/m1/s1. The molecule has 12 atom stereocenters. The van der Waals surface area contributed by atoms with Crippen LogP contribution in [0.15, 0.2) is 23.8 Å². The number of carbonyl (C=O) groups excluding carboxylic acids is 3. The van der Waals surface area contributed by atoms with Gasteiger partial charge in [-0.15, -0.1) is 0 Å². The smallest absolute Gasteiger partial charge is 0.447 e. The van der Waals surface area contributed by atoms with Crippen molar-refractivity contribution in [1.82, 2.24) is 0 Å². The molecule has 0 spiro atoms. The van der Waals surface area contributed by atoms with E-state index in [4.69, 9.17) is 14.2 Å². The van der Waals surface area contributed by atoms with Crippen LogP contribution in [0.4, 0.5) is 13.6 Å². The Kier molecular flexibility index (Phi) is 6.81. The summed E-state index contributed by atoms with van der Waals surface area (Å²) in [5, 5.41) is 20.9. The van der Waals surface area contributed by atoms with Gasteiger partial charge in [-0.05, 0) is 80.4 Å². The van der Waals surface area contributed by atoms with E-state index < -0.39 is 82.7 Å². The fourth-order valence-electron chi connectivity index (χ4n) is 11.0. The second kappa shape index (κ2) is 9.60. The van der Waals surface area contributed by atoms with Gasteiger partial charge >= 0.3 is 12.1 Å². The van der Waals surface area contributed by atoms with E-state index in [1.165, 1.54) is 19.1 Å². The van der Waals surface area contributed by atoms with E-state index in [1.807, 2.05) is 0 Å². The normalized spacial score (nSPS) is 49.7. The number of ketones is 1. The molecule has 0 aromatic carbocycles. The van der Waals surface area contributed by atoms with E-state index in [-0.39, 0.29) is 35.7 Å². The summed E-state index contributed by atoms with van der Waals surface area (Å²) in [4.78, 5) is 39.9. The monoisotopic (exact) mass is 615 g/mol. The third-order valence-corrected chi connectivity index (χ3v) is 13.9. The van der Waals surface area contributed by atoms with Crippen molar-refractivity contribution in [1.29, 1.82) is 5.26 Å². The van der Waals surface area contributed by atoms with Crippen LogP contribution in [-0.4, -0.2) is 59.3 Å². The molecule has 0 amide bonds. The third kappa shape index (κ3) is 3.59. The predicted octanol–water partition coefficient (Wildman–Crippen LogP) is 5.72. The highest BCUT2D eigenvalue weighted by molar-refractivity contribution is 6.01. The van der Waals surface area contributed by atoms with Crippen LogP contribution >= 0.6 is 0 Å². The minimum atomic E-state index is -2.36. The maximum Gasteiger partial charge on any atom is 0.509 e. The first-order chi connectivity index (χ1) is 20.4. The van der Waals surface area contributed by atoms with E-state index in [0.29, 0.717) is 12.3 Å². The van der Waals surface area contributed by atoms with Gasteiger partial charge in [0.15, 0.2) is 18.1 Å². The molecule has 10 heteroatoms. The minimum absolute atomic E-state index is 0.000694. The van der Waals surface area contributed by atoms with Crippen LogP contribution in [0, 0.1) is 56.7 Å². The SMILES string of the molecule is C[C@@H]1C[C@H]2[C@@H]3C[C@H](F)C4=CC(=O)C=C[C@]4(C)[C@@]3(F)[C@@H](O)C[C@]2(C)[C@@]1(OC(=O)O[C@H]1C[C@@H]2CC[C@@]1(C)C2(C)C)C(=O)OCC#N. The summed E-state index contributed by atoms with van der Waals surface area (Å²) in [5.41, 5.74) is -7.70. The van der Waals surface area contributed by atoms with E-state index in [2.05, 4.69) is 20.8 Å². The average Bonchev–Trinajstić information content (AvgIpc) is 3.39. The Morgan fingerprint density at radius 1 is 1.11 bits per heavy atom. The van der Waals surface area contributed by atoms with Crippen LogP contribution in [-0.2, 0) is 23.8 Å². The number of alkyl halides is 2. The molecular formula is C34H43F2NO7. The number of nitriles is 1. The van der Waals surface area contributed by atoms with Crippen molar-refractivity contribution in [2.45, 2.75) is 110 Å². The summed E-state index contributed by atoms with van der Waals surface area (Å²) in [6.45, 7) is 10.7. The third-order valence-electron chi connectivity index (χ3n) is 13.9. The van der Waals surface area contributed by atoms with Gasteiger partial charge in [0.2, 0.25) is 5.60 Å². The van der Waals surface area contributed by atoms with Crippen molar-refractivity contribution in [2.24, 2.45) is 45.3 Å². The van der Waals surface area contributed by atoms with Crippen molar-refractivity contribution in [3.8, 4) is 6.07 Å². The van der Waals surface area contributed by atoms with Crippen molar-refractivity contribution in [3.05, 3.63) is 23.8 Å². The van der Waals surface area contributed by atoms with Gasteiger partial charge in [-0.3, -0.25) is 4.79 Å². The quantitative estimate of drug-likeness (QED) is 0.398. The first-order valence-corrected chi connectivity index (χ1v) is 15.8. The molecule has 0 aliphatic heterocycles. The second-order valence-corrected chi connectivity index (χ2v) is 15.5. The van der Waals surface area contributed by atoms with Crippen LogP contribution in [0.25, 0.3) is 0 Å². The molecule has 0 unspecified atom stereocenters. The molecule has 6 aliphatic rings. The zero-order valence-electron chi connectivity index (χ0n) is 26.3. The Morgan fingerprint density at radius 2 is 1.82 bits per heavy atom. The number of aliphatic hydroxyl groups is 1. The lowest BCUT2D eigenvalue weighted by atomic mass is 9.44. The van der Waals surface area contributed by atoms with Gasteiger partial charge in [-0.25, -0.2) is 18.4 Å². The number of fused-ring (bicyclic) bond motifs is 7. The lowest BCUT2D eigenvalue weighted by Gasteiger charge is -2.62. The van der Waals surface area contributed by atoms with Gasteiger partial charge in [-0.1, -0.05) is 40.7 Å². The lowest BCUT2D eigenvalue weighted by Crippen LogP contribution is -2.71. The number of carbonyl (C=O) groups is 3. The van der Waals surface area contributed by atoms with Crippen LogP contribution in [0.3, 0.4) is 0 Å². The first-order valence-electron chi connectivity index (χ1n) is 15.8. The second-order valence-electron chi connectivity index (χ2n) is 15.5. The average molecular weight is 616 g/mol. The molecule has 0 heterocycles. The topological polar surface area (TPSA) is 123 Å². The largest absolute Gasteiger partial charge is 0.509 e. The summed E-state index contributed by atoms with van der Waals surface area (Å²) in [6, 6.07) is 1.77. The molecule has 44 heavy (non-hydrogen) atoms. The van der Waals surface area contributed by atoms with Crippen molar-refractivity contribution >= 4 is 17.9 Å². The number of nitrogens with zero attached hydrogens (tertiary/aromatic N) is 1. The number of rotatable bonds is 4. The van der Waals surface area contributed by atoms with Gasteiger partial charge in [-0.2, -0.15) is 5.26 Å². The van der Waals surface area contributed by atoms with Crippen molar-refractivity contribution < 1.29 is 42.5 Å². The van der Waals surface area contributed by atoms with Gasteiger partial charge < -0.3 is 19.3 Å². The molecule has 240 valence electrons. The number of ether oxygens (including phenoxy) is 3. The number of hydrogen-bond donors (Lipinski definition) is 1. The van der Waals surface area contributed by atoms with Gasteiger partial charge in [0.25, 0.3) is 0 Å². The summed E-state index contributed by atoms with van der Waals surface area (Å²) < 4.78 is 51.0. The van der Waals surface area contributed by atoms with Crippen LogP contribution in [0.1, 0.15) is 80.1 Å². The van der Waals surface area contributed by atoms with Crippen LogP contribution < -0.4 is 0 Å². The molecule has 0 aromatic heterocycles. The van der Waals surface area contributed by atoms with E-state index in [1.54, 1.807) is 19.9 Å². The van der Waals surface area contributed by atoms with Crippen molar-refractivity contribution in [2.75, 3.05) is 6.61 Å². The Hall–Kier alpha value is -2.80. The molecule has 5 fully saturated rings. The lowest BCUT2D eigenvalue weighted by molar-refractivity contribution is -0.234. The van der Waals surface area contributed by atoms with Gasteiger partial charge in [0, 0.05) is 28.1 Å². The molecule has 5 saturated carbocycles. The van der Waals surface area contributed by atoms with Crippen molar-refractivity contribution in [3.63, 3.8) is 0 Å². The first kappa shape index (κ1) is 31.2. The van der Waals surface area contributed by atoms with E-state index >= 15 is 8.78 Å². The summed E-state index contributed by atoms with van der Waals surface area (Å²) in [5.74, 6) is -3.55. The number of esters is 1. The molecule has 8 nitrogen and oxygen atoms in total. The molecular weight excluding hydrogens is 572 g/mol. The van der Waals surface area contributed by atoms with Gasteiger partial charge in [0.1, 0.15) is 18.3 Å². The number of aliphatic hydroxyl groups excluding tert-OH is 1. The zero-order valence-corrected chi connectivity index (χ0v) is 26.3. The molecule has 0 aromatic rings. The van der Waals surface area contributed by atoms with E-state index in [9.17, 15) is 24.8 Å². The Balaban J connectivity index is 1.38. The summed E-state index contributed by atoms with van der Waals surface area (Å²) >= 11 is 0. The molecule has 6 aliphatic carbocycles. The summed E-state index contributed by atoms with van der Waals surface area (Å²) in [6.07, 6.45) is 1.02. The zero-order chi connectivity index (χ0) is 32.3.